The number of hydrogen-bond acceptors (Lipinski definition) is 1. The fraction of sp³-hybridized carbons (Fsp3) is 0.250. The van der Waals surface area contributed by atoms with Crippen molar-refractivity contribution in [3.63, 3.8) is 0 Å². The summed E-state index contributed by atoms with van der Waals surface area (Å²) in [5.41, 5.74) is 0. The van der Waals surface area contributed by atoms with Crippen LogP contribution < -0.4 is 4.74 Å². The van der Waals surface area contributed by atoms with Gasteiger partial charge >= 0.3 is 0 Å². The lowest BCUT2D eigenvalue weighted by molar-refractivity contribution is 0.0818. The van der Waals surface area contributed by atoms with Crippen LogP contribution in [0.15, 0.2) is 18.2 Å². The van der Waals surface area contributed by atoms with Crippen LogP contribution in [-0.2, 0) is 0 Å². The van der Waals surface area contributed by atoms with E-state index in [0.29, 0.717) is 0 Å². The molecule has 0 atom stereocenters. The van der Waals surface area contributed by atoms with E-state index in [2.05, 4.69) is 4.74 Å². The molecule has 0 aromatic heterocycles. The monoisotopic (exact) mass is 210 g/mol. The van der Waals surface area contributed by atoms with Crippen molar-refractivity contribution >= 4 is 11.6 Å². The first kappa shape index (κ1) is 10.2. The van der Waals surface area contributed by atoms with Crippen LogP contribution in [0.2, 0.25) is 5.02 Å². The predicted octanol–water partition coefficient (Wildman–Crippen LogP) is 3.12. The Labute approximate surface area is 78.1 Å². The summed E-state index contributed by atoms with van der Waals surface area (Å²) >= 11 is 5.54. The molecule has 0 amide bonds. The zero-order chi connectivity index (χ0) is 9.84. The Morgan fingerprint density at radius 2 is 2.08 bits per heavy atom. The minimum atomic E-state index is -2.60. The van der Waals surface area contributed by atoms with Gasteiger partial charge in [-0.1, -0.05) is 11.6 Å². The van der Waals surface area contributed by atoms with Crippen molar-refractivity contribution < 1.29 is 17.9 Å². The van der Waals surface area contributed by atoms with E-state index in [1.807, 2.05) is 0 Å². The summed E-state index contributed by atoms with van der Waals surface area (Å²) in [5.74, 6) is -0.643. The Hall–Kier alpha value is -0.900. The molecule has 0 unspecified atom stereocenters. The van der Waals surface area contributed by atoms with Crippen molar-refractivity contribution in [2.24, 2.45) is 0 Å². The molecule has 72 valence electrons. The third kappa shape index (κ3) is 3.14. The molecule has 1 nitrogen and oxygen atoms in total. The second kappa shape index (κ2) is 4.37. The van der Waals surface area contributed by atoms with Gasteiger partial charge in [-0.25, -0.2) is 13.2 Å². The molecule has 0 radical (unpaired) electrons. The Bertz CT molecular complexity index is 291. The average molecular weight is 211 g/mol. The number of alkyl halides is 2. The van der Waals surface area contributed by atoms with Gasteiger partial charge in [0.05, 0.1) is 5.02 Å². The third-order valence-corrected chi connectivity index (χ3v) is 1.57. The number of benzene rings is 1. The zero-order valence-electron chi connectivity index (χ0n) is 6.44. The molecule has 0 fully saturated rings. The molecule has 0 spiro atoms. The molecule has 0 heterocycles. The van der Waals surface area contributed by atoms with Gasteiger partial charge in [0, 0.05) is 6.07 Å². The van der Waals surface area contributed by atoms with E-state index in [-0.39, 0.29) is 10.8 Å². The van der Waals surface area contributed by atoms with Crippen LogP contribution in [0.3, 0.4) is 0 Å². The minimum absolute atomic E-state index is 0.0676. The van der Waals surface area contributed by atoms with Gasteiger partial charge in [-0.2, -0.15) is 0 Å². The summed E-state index contributed by atoms with van der Waals surface area (Å²) in [6.07, 6.45) is -2.60. The van der Waals surface area contributed by atoms with E-state index in [1.165, 1.54) is 6.07 Å². The van der Waals surface area contributed by atoms with Crippen LogP contribution in [0.25, 0.3) is 0 Å². The van der Waals surface area contributed by atoms with Crippen LogP contribution in [0.4, 0.5) is 13.2 Å². The second-order valence-corrected chi connectivity index (χ2v) is 2.68. The van der Waals surface area contributed by atoms with Gasteiger partial charge in [-0.05, 0) is 12.1 Å². The molecule has 13 heavy (non-hydrogen) atoms. The Morgan fingerprint density at radius 3 is 2.69 bits per heavy atom. The molecule has 1 rings (SSSR count). The van der Waals surface area contributed by atoms with Crippen molar-refractivity contribution in [1.82, 2.24) is 0 Å². The fourth-order valence-electron chi connectivity index (χ4n) is 0.741. The van der Waals surface area contributed by atoms with Gasteiger partial charge < -0.3 is 4.74 Å². The van der Waals surface area contributed by atoms with E-state index in [4.69, 9.17) is 11.6 Å². The van der Waals surface area contributed by atoms with Gasteiger partial charge in [0.2, 0.25) is 0 Å². The summed E-state index contributed by atoms with van der Waals surface area (Å²) < 4.78 is 40.5. The molecule has 0 aliphatic rings. The Kier molecular flexibility index (Phi) is 3.42. The van der Waals surface area contributed by atoms with Gasteiger partial charge in [0.1, 0.15) is 18.2 Å². The first-order chi connectivity index (χ1) is 6.09. The summed E-state index contributed by atoms with van der Waals surface area (Å²) in [7, 11) is 0. The fourth-order valence-corrected chi connectivity index (χ4v) is 0.913. The quantitative estimate of drug-likeness (QED) is 0.745. The van der Waals surface area contributed by atoms with Crippen molar-refractivity contribution in [2.75, 3.05) is 6.61 Å². The molecule has 0 bridgehead atoms. The molecule has 0 saturated carbocycles. The molecule has 0 saturated heterocycles. The van der Waals surface area contributed by atoms with Gasteiger partial charge in [-0.15, -0.1) is 0 Å². The highest BCUT2D eigenvalue weighted by atomic mass is 35.5. The number of rotatable bonds is 3. The maximum atomic E-state index is 12.5. The third-order valence-electron chi connectivity index (χ3n) is 1.26. The highest BCUT2D eigenvalue weighted by molar-refractivity contribution is 6.32. The second-order valence-electron chi connectivity index (χ2n) is 2.28. The maximum Gasteiger partial charge on any atom is 0.272 e. The Balaban J connectivity index is 2.70. The van der Waals surface area contributed by atoms with Crippen LogP contribution in [0.5, 0.6) is 5.75 Å². The topological polar surface area (TPSA) is 9.23 Å². The van der Waals surface area contributed by atoms with Gasteiger partial charge in [-0.3, -0.25) is 0 Å². The molecule has 0 N–H and O–H groups in total. The van der Waals surface area contributed by atoms with E-state index in [1.54, 1.807) is 0 Å². The normalized spacial score (nSPS) is 10.5. The Morgan fingerprint density at radius 1 is 1.38 bits per heavy atom. The lowest BCUT2D eigenvalue weighted by Gasteiger charge is -2.06. The van der Waals surface area contributed by atoms with Crippen molar-refractivity contribution in [1.29, 1.82) is 0 Å². The lowest BCUT2D eigenvalue weighted by Crippen LogP contribution is -2.07. The molecular formula is C8H6ClF3O. The SMILES string of the molecule is Fc1ccc(Cl)c(OCC(F)F)c1. The molecule has 0 aliphatic carbocycles. The number of halogens is 4. The van der Waals surface area contributed by atoms with Crippen molar-refractivity contribution in [3.05, 3.63) is 29.0 Å². The highest BCUT2D eigenvalue weighted by Gasteiger charge is 2.07. The minimum Gasteiger partial charge on any atom is -0.486 e. The summed E-state index contributed by atoms with van der Waals surface area (Å²) in [6.45, 7) is -0.789. The standard InChI is InChI=1S/C8H6ClF3O/c9-6-2-1-5(10)3-7(6)13-4-8(11)12/h1-3,8H,4H2. The van der Waals surface area contributed by atoms with E-state index >= 15 is 0 Å². The van der Waals surface area contributed by atoms with Crippen LogP contribution in [0, 0.1) is 5.82 Å². The first-order valence-corrected chi connectivity index (χ1v) is 3.83. The van der Waals surface area contributed by atoms with Crippen molar-refractivity contribution in [2.45, 2.75) is 6.43 Å². The summed E-state index contributed by atoms with van der Waals surface area (Å²) in [6, 6.07) is 3.33. The van der Waals surface area contributed by atoms with Crippen LogP contribution >= 0.6 is 11.6 Å². The van der Waals surface area contributed by atoms with Crippen LogP contribution in [0.1, 0.15) is 0 Å². The van der Waals surface area contributed by atoms with Crippen LogP contribution in [-0.4, -0.2) is 13.0 Å². The molecule has 0 aliphatic heterocycles. The highest BCUT2D eigenvalue weighted by Crippen LogP contribution is 2.25. The average Bonchev–Trinajstić information content (AvgIpc) is 2.06. The molecule has 5 heteroatoms. The summed E-state index contributed by atoms with van der Waals surface area (Å²) in [4.78, 5) is 0. The largest absolute Gasteiger partial charge is 0.486 e. The van der Waals surface area contributed by atoms with Gasteiger partial charge in [0.25, 0.3) is 6.43 Å². The molecular weight excluding hydrogens is 205 g/mol. The van der Waals surface area contributed by atoms with Gasteiger partial charge in [0.15, 0.2) is 0 Å². The lowest BCUT2D eigenvalue weighted by atomic mass is 10.3. The maximum absolute atomic E-state index is 12.5. The van der Waals surface area contributed by atoms with Crippen molar-refractivity contribution in [3.8, 4) is 5.75 Å². The van der Waals surface area contributed by atoms with E-state index in [0.717, 1.165) is 12.1 Å². The van der Waals surface area contributed by atoms with E-state index < -0.39 is 18.8 Å². The summed E-state index contributed by atoms with van der Waals surface area (Å²) in [5, 5.41) is 0.113. The van der Waals surface area contributed by atoms with E-state index in [9.17, 15) is 13.2 Å². The number of ether oxygens (including phenoxy) is 1. The predicted molar refractivity (Wildman–Crippen MR) is 42.9 cm³/mol. The smallest absolute Gasteiger partial charge is 0.272 e. The number of hydrogen-bond donors (Lipinski definition) is 0. The zero-order valence-corrected chi connectivity index (χ0v) is 7.19. The molecule has 1 aromatic carbocycles. The molecule has 1 aromatic rings. The first-order valence-electron chi connectivity index (χ1n) is 3.45.